The second-order valence-corrected chi connectivity index (χ2v) is 6.64. The Labute approximate surface area is 136 Å². The Morgan fingerprint density at radius 2 is 1.67 bits per heavy atom. The Balaban J connectivity index is 1.60. The third-order valence-electron chi connectivity index (χ3n) is 4.55. The van der Waals surface area contributed by atoms with Gasteiger partial charge in [-0.1, -0.05) is 53.5 Å². The van der Waals surface area contributed by atoms with Crippen LogP contribution in [0.1, 0.15) is 42.7 Å². The van der Waals surface area contributed by atoms with Crippen molar-refractivity contribution in [1.29, 1.82) is 0 Å². The molecule has 1 aliphatic rings. The largest absolute Gasteiger partial charge is 0.243 e. The number of rotatable bonds is 3. The maximum absolute atomic E-state index is 6.24. The molecule has 0 N–H and O–H groups in total. The fourth-order valence-corrected chi connectivity index (χ4v) is 3.72. The summed E-state index contributed by atoms with van der Waals surface area (Å²) in [7, 11) is 0. The molecule has 0 spiro atoms. The van der Waals surface area contributed by atoms with Crippen molar-refractivity contribution >= 4 is 23.2 Å². The van der Waals surface area contributed by atoms with Crippen LogP contribution in [-0.4, -0.2) is 4.98 Å². The first kappa shape index (κ1) is 14.9. The molecule has 3 rings (SSSR count). The molecule has 1 nitrogen and oxygen atoms in total. The molecule has 0 atom stereocenters. The highest BCUT2D eigenvalue weighted by Gasteiger charge is 2.23. The van der Waals surface area contributed by atoms with Gasteiger partial charge < -0.3 is 0 Å². The van der Waals surface area contributed by atoms with Gasteiger partial charge in [-0.05, 0) is 61.1 Å². The molecule has 0 unspecified atom stereocenters. The number of halogens is 2. The lowest BCUT2D eigenvalue weighted by molar-refractivity contribution is 0.324. The van der Waals surface area contributed by atoms with Crippen molar-refractivity contribution in [2.75, 3.05) is 0 Å². The molecule has 110 valence electrons. The molecule has 1 aliphatic carbocycles. The summed E-state index contributed by atoms with van der Waals surface area (Å²) in [6.07, 6.45) is 7.82. The molecule has 1 aromatic heterocycles. The van der Waals surface area contributed by atoms with E-state index in [4.69, 9.17) is 23.2 Å². The normalized spacial score (nSPS) is 22.2. The lowest BCUT2D eigenvalue weighted by Crippen LogP contribution is -2.15. The van der Waals surface area contributed by atoms with E-state index >= 15 is 0 Å². The number of nitrogens with zero attached hydrogens (tertiary/aromatic N) is 1. The van der Waals surface area contributed by atoms with E-state index in [1.54, 1.807) is 6.20 Å². The SMILES string of the molecule is Clc1nccc(C[C@H]2CC[C@H](c3ccccc3)CC2)c1Cl. The number of pyridine rings is 1. The van der Waals surface area contributed by atoms with Gasteiger partial charge in [0.2, 0.25) is 0 Å². The second kappa shape index (κ2) is 6.81. The molecule has 0 saturated heterocycles. The average Bonchev–Trinajstić information content (AvgIpc) is 2.53. The fraction of sp³-hybridized carbons (Fsp3) is 0.389. The fourth-order valence-electron chi connectivity index (χ4n) is 3.35. The summed E-state index contributed by atoms with van der Waals surface area (Å²) >= 11 is 12.2. The summed E-state index contributed by atoms with van der Waals surface area (Å²) in [5.74, 6) is 1.43. The van der Waals surface area contributed by atoms with Gasteiger partial charge in [0, 0.05) is 6.20 Å². The molecule has 21 heavy (non-hydrogen) atoms. The van der Waals surface area contributed by atoms with E-state index in [1.807, 2.05) is 6.07 Å². The van der Waals surface area contributed by atoms with Gasteiger partial charge in [-0.2, -0.15) is 0 Å². The Kier molecular flexibility index (Phi) is 4.82. The highest BCUT2D eigenvalue weighted by Crippen LogP contribution is 2.38. The Morgan fingerprint density at radius 3 is 2.38 bits per heavy atom. The summed E-state index contributed by atoms with van der Waals surface area (Å²) in [5.41, 5.74) is 2.63. The molecule has 0 bridgehead atoms. The Morgan fingerprint density at radius 1 is 0.952 bits per heavy atom. The van der Waals surface area contributed by atoms with E-state index in [0.717, 1.165) is 17.9 Å². The van der Waals surface area contributed by atoms with Gasteiger partial charge in [0.25, 0.3) is 0 Å². The average molecular weight is 320 g/mol. The van der Waals surface area contributed by atoms with Gasteiger partial charge in [-0.15, -0.1) is 0 Å². The van der Waals surface area contributed by atoms with E-state index in [9.17, 15) is 0 Å². The molecule has 3 heteroatoms. The van der Waals surface area contributed by atoms with Gasteiger partial charge in [-0.3, -0.25) is 0 Å². The van der Waals surface area contributed by atoms with E-state index in [-0.39, 0.29) is 0 Å². The van der Waals surface area contributed by atoms with Crippen molar-refractivity contribution in [2.45, 2.75) is 38.0 Å². The topological polar surface area (TPSA) is 12.9 Å². The van der Waals surface area contributed by atoms with Crippen molar-refractivity contribution in [1.82, 2.24) is 4.98 Å². The zero-order chi connectivity index (χ0) is 14.7. The Bertz CT molecular complexity index is 589. The van der Waals surface area contributed by atoms with Crippen LogP contribution in [0.5, 0.6) is 0 Å². The van der Waals surface area contributed by atoms with E-state index < -0.39 is 0 Å². The van der Waals surface area contributed by atoms with Crippen molar-refractivity contribution in [3.63, 3.8) is 0 Å². The number of aromatic nitrogens is 1. The Hall–Kier alpha value is -1.05. The highest BCUT2D eigenvalue weighted by molar-refractivity contribution is 6.41. The van der Waals surface area contributed by atoms with Crippen LogP contribution in [0, 0.1) is 5.92 Å². The molecule has 1 saturated carbocycles. The minimum atomic E-state index is 0.423. The summed E-state index contributed by atoms with van der Waals surface area (Å²) < 4.78 is 0. The van der Waals surface area contributed by atoms with Crippen molar-refractivity contribution in [3.05, 3.63) is 63.9 Å². The summed E-state index contributed by atoms with van der Waals surface area (Å²) in [4.78, 5) is 4.02. The minimum absolute atomic E-state index is 0.423. The third-order valence-corrected chi connectivity index (χ3v) is 5.36. The summed E-state index contributed by atoms with van der Waals surface area (Å²) in [6.45, 7) is 0. The smallest absolute Gasteiger partial charge is 0.147 e. The molecular weight excluding hydrogens is 301 g/mol. The molecule has 1 heterocycles. The van der Waals surface area contributed by atoms with Crippen LogP contribution in [-0.2, 0) is 6.42 Å². The zero-order valence-corrected chi connectivity index (χ0v) is 13.4. The summed E-state index contributed by atoms with van der Waals surface area (Å²) in [6, 6.07) is 12.9. The van der Waals surface area contributed by atoms with Crippen molar-refractivity contribution in [2.24, 2.45) is 5.92 Å². The van der Waals surface area contributed by atoms with Gasteiger partial charge in [-0.25, -0.2) is 4.98 Å². The van der Waals surface area contributed by atoms with E-state index in [1.165, 1.54) is 31.2 Å². The van der Waals surface area contributed by atoms with Crippen LogP contribution in [0.2, 0.25) is 10.2 Å². The number of hydrogen-bond acceptors (Lipinski definition) is 1. The predicted octanol–water partition coefficient (Wildman–Crippen LogP) is 5.90. The maximum Gasteiger partial charge on any atom is 0.147 e. The summed E-state index contributed by atoms with van der Waals surface area (Å²) in [5, 5.41) is 1.05. The van der Waals surface area contributed by atoms with Crippen LogP contribution in [0.3, 0.4) is 0 Å². The molecule has 1 aromatic carbocycles. The van der Waals surface area contributed by atoms with E-state index in [2.05, 4.69) is 35.3 Å². The minimum Gasteiger partial charge on any atom is -0.243 e. The second-order valence-electron chi connectivity index (χ2n) is 5.91. The van der Waals surface area contributed by atoms with Crippen molar-refractivity contribution < 1.29 is 0 Å². The molecule has 1 fully saturated rings. The van der Waals surface area contributed by atoms with Crippen LogP contribution in [0.4, 0.5) is 0 Å². The van der Waals surface area contributed by atoms with Crippen LogP contribution >= 0.6 is 23.2 Å². The van der Waals surface area contributed by atoms with Crippen LogP contribution < -0.4 is 0 Å². The third kappa shape index (κ3) is 3.59. The quantitative estimate of drug-likeness (QED) is 0.641. The van der Waals surface area contributed by atoms with Gasteiger partial charge in [0.1, 0.15) is 5.15 Å². The lowest BCUT2D eigenvalue weighted by atomic mass is 9.77. The van der Waals surface area contributed by atoms with Gasteiger partial charge in [0.05, 0.1) is 5.02 Å². The molecule has 0 amide bonds. The first-order valence-corrected chi connectivity index (χ1v) is 8.33. The first-order valence-electron chi connectivity index (χ1n) is 7.58. The molecule has 2 aromatic rings. The maximum atomic E-state index is 6.24. The molecule has 0 aliphatic heterocycles. The van der Waals surface area contributed by atoms with E-state index in [0.29, 0.717) is 16.1 Å². The highest BCUT2D eigenvalue weighted by atomic mass is 35.5. The predicted molar refractivity (Wildman–Crippen MR) is 89.1 cm³/mol. The first-order chi connectivity index (χ1) is 10.2. The standard InChI is InChI=1S/C18H19Cl2N/c19-17-16(10-11-21-18(17)20)12-13-6-8-15(9-7-13)14-4-2-1-3-5-14/h1-5,10-11,13,15H,6-9,12H2/t13-,15-. The molecular formula is C18H19Cl2N. The van der Waals surface area contributed by atoms with Gasteiger partial charge in [0.15, 0.2) is 0 Å². The number of benzene rings is 1. The molecule has 0 radical (unpaired) electrons. The van der Waals surface area contributed by atoms with Crippen LogP contribution in [0.25, 0.3) is 0 Å². The lowest BCUT2D eigenvalue weighted by Gasteiger charge is -2.29. The van der Waals surface area contributed by atoms with Crippen molar-refractivity contribution in [3.8, 4) is 0 Å². The number of hydrogen-bond donors (Lipinski definition) is 0. The zero-order valence-electron chi connectivity index (χ0n) is 11.9. The van der Waals surface area contributed by atoms with Gasteiger partial charge >= 0.3 is 0 Å². The monoisotopic (exact) mass is 319 g/mol. The van der Waals surface area contributed by atoms with Crippen LogP contribution in [0.15, 0.2) is 42.6 Å².